The van der Waals surface area contributed by atoms with Crippen LogP contribution >= 0.6 is 0 Å². The van der Waals surface area contributed by atoms with Gasteiger partial charge in [-0.1, -0.05) is 60.7 Å². The van der Waals surface area contributed by atoms with Crippen molar-refractivity contribution >= 4 is 6.03 Å². The van der Waals surface area contributed by atoms with Crippen molar-refractivity contribution in [1.82, 2.24) is 10.2 Å². The number of nitrogens with zero attached hydrogens (tertiary/aromatic N) is 1. The van der Waals surface area contributed by atoms with Gasteiger partial charge in [0.05, 0.1) is 0 Å². The Bertz CT molecular complexity index is 628. The first-order valence-corrected chi connectivity index (χ1v) is 9.39. The minimum absolute atomic E-state index is 0.0396. The number of methoxy groups -OCH3 is 1. The molecule has 0 aromatic heterocycles. The summed E-state index contributed by atoms with van der Waals surface area (Å²) in [4.78, 5) is 14.5. The van der Waals surface area contributed by atoms with E-state index in [1.54, 1.807) is 7.11 Å². The van der Waals surface area contributed by atoms with E-state index in [0.29, 0.717) is 12.5 Å². The number of hydrogen-bond acceptors (Lipinski definition) is 2. The third-order valence-corrected chi connectivity index (χ3v) is 5.17. The largest absolute Gasteiger partial charge is 0.384 e. The van der Waals surface area contributed by atoms with Crippen LogP contribution in [-0.2, 0) is 4.74 Å². The minimum Gasteiger partial charge on any atom is -0.384 e. The summed E-state index contributed by atoms with van der Waals surface area (Å²) in [6, 6.07) is 20.8. The van der Waals surface area contributed by atoms with Gasteiger partial charge in [-0.25, -0.2) is 4.79 Å². The summed E-state index contributed by atoms with van der Waals surface area (Å²) >= 11 is 0. The Morgan fingerprint density at radius 2 is 1.58 bits per heavy atom. The monoisotopic (exact) mass is 352 g/mol. The molecule has 2 aromatic rings. The van der Waals surface area contributed by atoms with Crippen LogP contribution in [-0.4, -0.2) is 44.3 Å². The number of carbonyl (C=O) groups is 1. The number of rotatable bonds is 6. The van der Waals surface area contributed by atoms with Crippen LogP contribution in [0.2, 0.25) is 0 Å². The van der Waals surface area contributed by atoms with Crippen LogP contribution in [0.4, 0.5) is 4.79 Å². The molecule has 138 valence electrons. The fraction of sp³-hybridized carbons (Fsp3) is 0.409. The maximum atomic E-state index is 12.6. The van der Waals surface area contributed by atoms with Crippen molar-refractivity contribution in [3.8, 4) is 0 Å². The van der Waals surface area contributed by atoms with Crippen molar-refractivity contribution < 1.29 is 9.53 Å². The quantitative estimate of drug-likeness (QED) is 0.857. The van der Waals surface area contributed by atoms with E-state index in [2.05, 4.69) is 29.6 Å². The normalized spacial score (nSPS) is 15.2. The van der Waals surface area contributed by atoms with Crippen LogP contribution in [0.5, 0.6) is 0 Å². The molecule has 0 aliphatic carbocycles. The standard InChI is InChI=1S/C22H28N2O2/c1-26-17-18-12-14-24(15-13-18)22(25)23-16-21(19-8-4-2-5-9-19)20-10-6-3-7-11-20/h2-11,18,21H,12-17H2,1H3,(H,23,25). The fourth-order valence-electron chi connectivity index (χ4n) is 3.64. The fourth-order valence-corrected chi connectivity index (χ4v) is 3.64. The minimum atomic E-state index is 0.0396. The van der Waals surface area contributed by atoms with E-state index in [-0.39, 0.29) is 11.9 Å². The number of amides is 2. The smallest absolute Gasteiger partial charge is 0.317 e. The van der Waals surface area contributed by atoms with Crippen LogP contribution in [0.25, 0.3) is 0 Å². The van der Waals surface area contributed by atoms with Gasteiger partial charge in [-0.2, -0.15) is 0 Å². The summed E-state index contributed by atoms with van der Waals surface area (Å²) in [5.74, 6) is 0.734. The summed E-state index contributed by atoms with van der Waals surface area (Å²) in [6.07, 6.45) is 2.03. The lowest BCUT2D eigenvalue weighted by Gasteiger charge is -2.32. The molecule has 2 amide bonds. The molecule has 0 unspecified atom stereocenters. The summed E-state index contributed by atoms with van der Waals surface area (Å²) in [5, 5.41) is 3.15. The van der Waals surface area contributed by atoms with Gasteiger partial charge in [0.15, 0.2) is 0 Å². The molecule has 1 aliphatic rings. The molecule has 1 saturated heterocycles. The van der Waals surface area contributed by atoms with Gasteiger partial charge in [0, 0.05) is 39.3 Å². The molecule has 26 heavy (non-hydrogen) atoms. The first-order valence-electron chi connectivity index (χ1n) is 9.39. The Morgan fingerprint density at radius 1 is 1.04 bits per heavy atom. The van der Waals surface area contributed by atoms with Crippen LogP contribution in [0.3, 0.4) is 0 Å². The number of ether oxygens (including phenoxy) is 1. The summed E-state index contributed by atoms with van der Waals surface area (Å²) in [6.45, 7) is 3.01. The van der Waals surface area contributed by atoms with Crippen LogP contribution < -0.4 is 5.32 Å². The molecule has 4 nitrogen and oxygen atoms in total. The second-order valence-electron chi connectivity index (χ2n) is 6.95. The van der Waals surface area contributed by atoms with Crippen molar-refractivity contribution in [2.45, 2.75) is 18.8 Å². The molecule has 0 atom stereocenters. The summed E-state index contributed by atoms with van der Waals surface area (Å²) in [7, 11) is 1.74. The maximum absolute atomic E-state index is 12.6. The Hall–Kier alpha value is -2.33. The molecule has 1 fully saturated rings. The predicted molar refractivity (Wildman–Crippen MR) is 104 cm³/mol. The Labute approximate surface area is 156 Å². The molecule has 0 saturated carbocycles. The lowest BCUT2D eigenvalue weighted by atomic mass is 9.91. The maximum Gasteiger partial charge on any atom is 0.317 e. The van der Waals surface area contributed by atoms with Gasteiger partial charge >= 0.3 is 6.03 Å². The van der Waals surface area contributed by atoms with Gasteiger partial charge in [0.25, 0.3) is 0 Å². The zero-order valence-corrected chi connectivity index (χ0v) is 15.4. The SMILES string of the molecule is COCC1CCN(C(=O)NCC(c2ccccc2)c2ccccc2)CC1. The van der Waals surface area contributed by atoms with Gasteiger partial charge in [0.1, 0.15) is 0 Å². The summed E-state index contributed by atoms with van der Waals surface area (Å²) in [5.41, 5.74) is 2.44. The highest BCUT2D eigenvalue weighted by Gasteiger charge is 2.23. The first kappa shape index (κ1) is 18.5. The molecule has 4 heteroatoms. The second kappa shape index (κ2) is 9.39. The van der Waals surface area contributed by atoms with Gasteiger partial charge in [-0.05, 0) is 29.9 Å². The number of piperidine rings is 1. The van der Waals surface area contributed by atoms with Crippen LogP contribution in [0, 0.1) is 5.92 Å². The van der Waals surface area contributed by atoms with Gasteiger partial charge in [0.2, 0.25) is 0 Å². The van der Waals surface area contributed by atoms with E-state index >= 15 is 0 Å². The number of urea groups is 1. The van der Waals surface area contributed by atoms with Gasteiger partial charge < -0.3 is 15.0 Å². The molecule has 0 radical (unpaired) electrons. The van der Waals surface area contributed by atoms with Crippen LogP contribution in [0.1, 0.15) is 29.9 Å². The molecule has 1 aliphatic heterocycles. The highest BCUT2D eigenvalue weighted by atomic mass is 16.5. The lowest BCUT2D eigenvalue weighted by Crippen LogP contribution is -2.46. The average molecular weight is 352 g/mol. The Morgan fingerprint density at radius 3 is 2.08 bits per heavy atom. The number of nitrogens with one attached hydrogen (secondary N) is 1. The molecular weight excluding hydrogens is 324 g/mol. The van der Waals surface area contributed by atoms with E-state index in [1.807, 2.05) is 41.3 Å². The highest BCUT2D eigenvalue weighted by Crippen LogP contribution is 2.24. The zero-order chi connectivity index (χ0) is 18.2. The highest BCUT2D eigenvalue weighted by molar-refractivity contribution is 5.74. The first-order chi connectivity index (χ1) is 12.8. The Kier molecular flexibility index (Phi) is 6.67. The van der Waals surface area contributed by atoms with Crippen molar-refractivity contribution in [1.29, 1.82) is 0 Å². The van der Waals surface area contributed by atoms with Crippen molar-refractivity contribution in [2.24, 2.45) is 5.92 Å². The third kappa shape index (κ3) is 4.85. The molecule has 0 bridgehead atoms. The van der Waals surface area contributed by atoms with E-state index in [1.165, 1.54) is 11.1 Å². The molecule has 0 spiro atoms. The molecule has 1 N–H and O–H groups in total. The molecule has 1 heterocycles. The third-order valence-electron chi connectivity index (χ3n) is 5.17. The topological polar surface area (TPSA) is 41.6 Å². The number of carbonyl (C=O) groups excluding carboxylic acids is 1. The molecule has 2 aromatic carbocycles. The van der Waals surface area contributed by atoms with Crippen LogP contribution in [0.15, 0.2) is 60.7 Å². The molecular formula is C22H28N2O2. The Balaban J connectivity index is 1.61. The lowest BCUT2D eigenvalue weighted by molar-refractivity contribution is 0.107. The van der Waals surface area contributed by atoms with E-state index in [9.17, 15) is 4.79 Å². The number of likely N-dealkylation sites (tertiary alicyclic amines) is 1. The average Bonchev–Trinajstić information content (AvgIpc) is 2.70. The second-order valence-corrected chi connectivity index (χ2v) is 6.95. The van der Waals surface area contributed by atoms with Gasteiger partial charge in [-0.3, -0.25) is 0 Å². The van der Waals surface area contributed by atoms with E-state index < -0.39 is 0 Å². The van der Waals surface area contributed by atoms with E-state index in [4.69, 9.17) is 4.74 Å². The van der Waals surface area contributed by atoms with Gasteiger partial charge in [-0.15, -0.1) is 0 Å². The predicted octanol–water partition coefficient (Wildman–Crippen LogP) is 3.89. The zero-order valence-electron chi connectivity index (χ0n) is 15.4. The summed E-state index contributed by atoms with van der Waals surface area (Å²) < 4.78 is 5.23. The number of hydrogen-bond donors (Lipinski definition) is 1. The molecule has 3 rings (SSSR count). The van der Waals surface area contributed by atoms with Crippen molar-refractivity contribution in [2.75, 3.05) is 33.4 Å². The van der Waals surface area contributed by atoms with Crippen molar-refractivity contribution in [3.05, 3.63) is 71.8 Å². The van der Waals surface area contributed by atoms with E-state index in [0.717, 1.165) is 32.5 Å². The number of benzene rings is 2. The van der Waals surface area contributed by atoms with Crippen molar-refractivity contribution in [3.63, 3.8) is 0 Å².